The van der Waals surface area contributed by atoms with Crippen molar-refractivity contribution in [2.45, 2.75) is 78.2 Å². The summed E-state index contributed by atoms with van der Waals surface area (Å²) in [6, 6.07) is 19.0. The highest BCUT2D eigenvalue weighted by molar-refractivity contribution is 5.87. The average molecular weight is 538 g/mol. The topological polar surface area (TPSA) is 66.4 Å². The van der Waals surface area contributed by atoms with Crippen molar-refractivity contribution in [1.29, 1.82) is 0 Å². The normalized spacial score (nSPS) is 33.5. The van der Waals surface area contributed by atoms with E-state index in [-0.39, 0.29) is 28.7 Å². The van der Waals surface area contributed by atoms with E-state index >= 15 is 0 Å². The van der Waals surface area contributed by atoms with E-state index in [2.05, 4.69) is 80.7 Å². The van der Waals surface area contributed by atoms with Crippen molar-refractivity contribution in [3.8, 4) is 0 Å². The molecule has 6 rings (SSSR count). The Labute approximate surface area is 239 Å². The number of allylic oxidation sites excluding steroid dienone is 3. The van der Waals surface area contributed by atoms with Crippen LogP contribution in [0, 0.1) is 41.4 Å². The van der Waals surface area contributed by atoms with Crippen LogP contribution in [0.1, 0.15) is 81.5 Å². The predicted molar refractivity (Wildman–Crippen MR) is 159 cm³/mol. The highest BCUT2D eigenvalue weighted by atomic mass is 16.4. The van der Waals surface area contributed by atoms with Gasteiger partial charge in [0, 0.05) is 11.5 Å². The second kappa shape index (κ2) is 10.4. The summed E-state index contributed by atoms with van der Waals surface area (Å²) >= 11 is 0. The van der Waals surface area contributed by atoms with Crippen LogP contribution in [0.4, 0.5) is 0 Å². The fraction of sp³-hybridized carbons (Fsp3) is 0.500. The van der Waals surface area contributed by atoms with E-state index in [4.69, 9.17) is 0 Å². The Morgan fingerprint density at radius 3 is 2.45 bits per heavy atom. The number of fused-ring (bicyclic) bond motifs is 5. The van der Waals surface area contributed by atoms with Gasteiger partial charge < -0.3 is 10.4 Å². The van der Waals surface area contributed by atoms with Gasteiger partial charge in [-0.15, -0.1) is 0 Å². The molecule has 0 spiro atoms. The van der Waals surface area contributed by atoms with Gasteiger partial charge in [-0.05, 0) is 110 Å². The molecule has 4 aliphatic carbocycles. The number of rotatable bonds is 6. The van der Waals surface area contributed by atoms with Crippen molar-refractivity contribution >= 4 is 11.9 Å². The first-order valence-corrected chi connectivity index (χ1v) is 15.2. The van der Waals surface area contributed by atoms with Crippen molar-refractivity contribution in [3.63, 3.8) is 0 Å². The highest BCUT2D eigenvalue weighted by Gasteiger charge is 2.59. The maximum Gasteiger partial charge on any atom is 0.331 e. The summed E-state index contributed by atoms with van der Waals surface area (Å²) in [5, 5.41) is 13.1. The van der Waals surface area contributed by atoms with Gasteiger partial charge in [0.05, 0.1) is 6.04 Å². The van der Waals surface area contributed by atoms with Gasteiger partial charge in [-0.25, -0.2) is 4.79 Å². The Kier molecular flexibility index (Phi) is 7.01. The largest absolute Gasteiger partial charge is 0.478 e. The van der Waals surface area contributed by atoms with Crippen molar-refractivity contribution in [2.24, 2.45) is 34.5 Å². The number of benzene rings is 2. The minimum absolute atomic E-state index is 0.00871. The molecule has 210 valence electrons. The zero-order valence-corrected chi connectivity index (χ0v) is 24.2. The zero-order chi connectivity index (χ0) is 28.1. The summed E-state index contributed by atoms with van der Waals surface area (Å²) in [7, 11) is 0. The quantitative estimate of drug-likeness (QED) is 0.399. The van der Waals surface area contributed by atoms with E-state index in [0.29, 0.717) is 29.7 Å². The summed E-state index contributed by atoms with van der Waals surface area (Å²) in [5.74, 6) is 1.15. The van der Waals surface area contributed by atoms with Gasteiger partial charge in [0.1, 0.15) is 0 Å². The lowest BCUT2D eigenvalue weighted by Crippen LogP contribution is -2.51. The molecular formula is C36H43NO3. The number of carbonyl (C=O) groups is 2. The minimum atomic E-state index is -0.776. The lowest BCUT2D eigenvalue weighted by molar-refractivity contribution is -0.133. The Hall–Kier alpha value is -3.14. The molecule has 2 aromatic carbocycles. The Morgan fingerprint density at radius 2 is 1.73 bits per heavy atom. The SMILES string of the molecule is Cc1ccc(C[C@H](NC(=O)[C@H]2CC[C@H]3[C@@H]4CC=C5C=C(C(=O)O)CC[C@]5(C)[C@H]4CC[C@]23C)c2ccccc2)cc1. The molecule has 0 aliphatic heterocycles. The summed E-state index contributed by atoms with van der Waals surface area (Å²) in [6.07, 6.45) is 11.9. The van der Waals surface area contributed by atoms with Crippen molar-refractivity contribution < 1.29 is 14.7 Å². The third-order valence-corrected chi connectivity index (χ3v) is 11.4. The van der Waals surface area contributed by atoms with Gasteiger partial charge in [-0.2, -0.15) is 0 Å². The van der Waals surface area contributed by atoms with Gasteiger partial charge in [0.15, 0.2) is 0 Å². The van der Waals surface area contributed by atoms with Crippen LogP contribution in [-0.4, -0.2) is 17.0 Å². The number of nitrogens with one attached hydrogen (secondary N) is 1. The smallest absolute Gasteiger partial charge is 0.331 e. The predicted octanol–water partition coefficient (Wildman–Crippen LogP) is 7.59. The Balaban J connectivity index is 1.22. The monoisotopic (exact) mass is 537 g/mol. The van der Waals surface area contributed by atoms with Crippen molar-refractivity contribution in [3.05, 3.63) is 94.6 Å². The minimum Gasteiger partial charge on any atom is -0.478 e. The molecule has 2 N–H and O–H groups in total. The van der Waals surface area contributed by atoms with Gasteiger partial charge in [-0.3, -0.25) is 4.79 Å². The lowest BCUT2D eigenvalue weighted by Gasteiger charge is -2.57. The van der Waals surface area contributed by atoms with E-state index in [1.165, 1.54) is 16.7 Å². The summed E-state index contributed by atoms with van der Waals surface area (Å²) in [5.41, 5.74) is 5.50. The van der Waals surface area contributed by atoms with E-state index in [0.717, 1.165) is 50.5 Å². The van der Waals surface area contributed by atoms with Gasteiger partial charge >= 0.3 is 5.97 Å². The van der Waals surface area contributed by atoms with Crippen LogP contribution in [0.15, 0.2) is 77.9 Å². The third-order valence-electron chi connectivity index (χ3n) is 11.4. The summed E-state index contributed by atoms with van der Waals surface area (Å²) in [4.78, 5) is 25.8. The number of carboxylic acids is 1. The van der Waals surface area contributed by atoms with E-state index in [1.807, 2.05) is 12.1 Å². The number of carbonyl (C=O) groups excluding carboxylic acids is 1. The molecule has 4 nitrogen and oxygen atoms in total. The molecule has 2 fully saturated rings. The first-order chi connectivity index (χ1) is 19.2. The second-order valence-electron chi connectivity index (χ2n) is 13.5. The Bertz CT molecular complexity index is 1340. The summed E-state index contributed by atoms with van der Waals surface area (Å²) in [6.45, 7) is 6.88. The maximum absolute atomic E-state index is 14.1. The highest BCUT2D eigenvalue weighted by Crippen LogP contribution is 2.66. The van der Waals surface area contributed by atoms with Gasteiger partial charge in [-0.1, -0.05) is 80.1 Å². The van der Waals surface area contributed by atoms with Crippen LogP contribution in [0.3, 0.4) is 0 Å². The van der Waals surface area contributed by atoms with Crippen LogP contribution >= 0.6 is 0 Å². The van der Waals surface area contributed by atoms with Gasteiger partial charge in [0.25, 0.3) is 0 Å². The van der Waals surface area contributed by atoms with Gasteiger partial charge in [0.2, 0.25) is 5.91 Å². The molecule has 7 atom stereocenters. The molecule has 0 radical (unpaired) electrons. The van der Waals surface area contributed by atoms with E-state index in [1.54, 1.807) is 0 Å². The van der Waals surface area contributed by atoms with E-state index < -0.39 is 5.97 Å². The fourth-order valence-corrected chi connectivity index (χ4v) is 9.09. The fourth-order valence-electron chi connectivity index (χ4n) is 9.09. The first-order valence-electron chi connectivity index (χ1n) is 15.2. The first kappa shape index (κ1) is 27.1. The molecule has 0 bridgehead atoms. The molecule has 0 saturated heterocycles. The lowest BCUT2D eigenvalue weighted by atomic mass is 9.48. The number of aryl methyl sites for hydroxylation is 1. The Morgan fingerprint density at radius 1 is 0.975 bits per heavy atom. The van der Waals surface area contributed by atoms with E-state index in [9.17, 15) is 14.7 Å². The maximum atomic E-state index is 14.1. The second-order valence-corrected chi connectivity index (χ2v) is 13.5. The number of aliphatic carboxylic acids is 1. The van der Waals surface area contributed by atoms with Crippen LogP contribution in [0.5, 0.6) is 0 Å². The van der Waals surface area contributed by atoms with Crippen LogP contribution < -0.4 is 5.32 Å². The molecule has 4 heteroatoms. The van der Waals surface area contributed by atoms with Crippen molar-refractivity contribution in [2.75, 3.05) is 0 Å². The average Bonchev–Trinajstić information content (AvgIpc) is 3.31. The molecule has 4 aliphatic rings. The molecule has 0 heterocycles. The molecular weight excluding hydrogens is 494 g/mol. The number of carboxylic acid groups (broad SMARTS) is 1. The molecule has 1 amide bonds. The van der Waals surface area contributed by atoms with Crippen molar-refractivity contribution in [1.82, 2.24) is 5.32 Å². The zero-order valence-electron chi connectivity index (χ0n) is 24.2. The number of hydrogen-bond donors (Lipinski definition) is 2. The molecule has 0 aromatic heterocycles. The van der Waals surface area contributed by atoms with Crippen LogP contribution in [-0.2, 0) is 16.0 Å². The van der Waals surface area contributed by atoms with Crippen LogP contribution in [0.2, 0.25) is 0 Å². The number of amides is 1. The molecule has 2 aromatic rings. The van der Waals surface area contributed by atoms with Crippen LogP contribution in [0.25, 0.3) is 0 Å². The standard InChI is InChI=1S/C36H43NO3/c1-23-9-11-24(12-10-23)21-32(25-7-5-4-6-8-25)37-33(38)31-16-15-29-28-14-13-27-22-26(34(39)40)17-19-35(27,2)30(28)18-20-36(29,31)3/h4-13,22,28-32H,14-21H2,1-3H3,(H,37,38)(H,39,40)/t28-,29-,30-,31+,32-,35-,36-/m0/s1. The molecule has 0 unspecified atom stereocenters. The number of hydrogen-bond acceptors (Lipinski definition) is 2. The summed E-state index contributed by atoms with van der Waals surface area (Å²) < 4.78 is 0. The molecule has 40 heavy (non-hydrogen) atoms. The third kappa shape index (κ3) is 4.63. The molecule has 2 saturated carbocycles.